The Morgan fingerprint density at radius 1 is 1.32 bits per heavy atom. The van der Waals surface area contributed by atoms with Gasteiger partial charge in [-0.1, -0.05) is 6.07 Å². The lowest BCUT2D eigenvalue weighted by Gasteiger charge is -2.20. The molecule has 0 aliphatic heterocycles. The second kappa shape index (κ2) is 7.89. The number of methoxy groups -OCH3 is 1. The first-order valence-electron chi connectivity index (χ1n) is 6.92. The Hall–Kier alpha value is -1.42. The number of nitrogens with one attached hydrogen (secondary N) is 1. The average molecular weight is 265 g/mol. The van der Waals surface area contributed by atoms with Crippen molar-refractivity contribution in [3.05, 3.63) is 18.2 Å². The molecule has 0 saturated carbocycles. The van der Waals surface area contributed by atoms with Crippen LogP contribution in [0.2, 0.25) is 0 Å². The standard InChI is InChI=1S/C15H27N3O/c1-12(2)18(3)11-6-5-10-17-13-8-7-9-14(19-4)15(13)16/h7-9,12,17H,5-6,10-11,16H2,1-4H3. The predicted molar refractivity (Wildman–Crippen MR) is 82.9 cm³/mol. The monoisotopic (exact) mass is 265 g/mol. The van der Waals surface area contributed by atoms with E-state index in [2.05, 4.69) is 31.1 Å². The smallest absolute Gasteiger partial charge is 0.143 e. The van der Waals surface area contributed by atoms with Gasteiger partial charge in [0.15, 0.2) is 0 Å². The molecule has 1 aromatic carbocycles. The molecule has 108 valence electrons. The van der Waals surface area contributed by atoms with E-state index in [9.17, 15) is 0 Å². The van der Waals surface area contributed by atoms with Crippen LogP contribution >= 0.6 is 0 Å². The van der Waals surface area contributed by atoms with E-state index >= 15 is 0 Å². The molecule has 0 amide bonds. The van der Waals surface area contributed by atoms with Crippen molar-refractivity contribution < 1.29 is 4.74 Å². The molecule has 4 heteroatoms. The number of nitrogens with zero attached hydrogens (tertiary/aromatic N) is 1. The van der Waals surface area contributed by atoms with Gasteiger partial charge in [-0.3, -0.25) is 0 Å². The second-order valence-corrected chi connectivity index (χ2v) is 5.13. The minimum atomic E-state index is 0.613. The fraction of sp³-hybridized carbons (Fsp3) is 0.600. The van der Waals surface area contributed by atoms with E-state index in [1.165, 1.54) is 6.42 Å². The lowest BCUT2D eigenvalue weighted by atomic mass is 10.2. The van der Waals surface area contributed by atoms with Crippen molar-refractivity contribution >= 4 is 11.4 Å². The van der Waals surface area contributed by atoms with Gasteiger partial charge in [0, 0.05) is 12.6 Å². The van der Waals surface area contributed by atoms with Gasteiger partial charge in [-0.2, -0.15) is 0 Å². The number of ether oxygens (including phenoxy) is 1. The van der Waals surface area contributed by atoms with Crippen LogP contribution < -0.4 is 15.8 Å². The van der Waals surface area contributed by atoms with Crippen molar-refractivity contribution in [3.8, 4) is 5.75 Å². The average Bonchev–Trinajstić information content (AvgIpc) is 2.39. The Kier molecular flexibility index (Phi) is 6.50. The van der Waals surface area contributed by atoms with Crippen molar-refractivity contribution in [3.63, 3.8) is 0 Å². The summed E-state index contributed by atoms with van der Waals surface area (Å²) in [5.41, 5.74) is 7.64. The first-order valence-corrected chi connectivity index (χ1v) is 6.92. The van der Waals surface area contributed by atoms with Crippen molar-refractivity contribution in [2.24, 2.45) is 0 Å². The number of unbranched alkanes of at least 4 members (excludes halogenated alkanes) is 1. The minimum Gasteiger partial charge on any atom is -0.495 e. The van der Waals surface area contributed by atoms with E-state index in [4.69, 9.17) is 10.5 Å². The van der Waals surface area contributed by atoms with Crippen LogP contribution in [0.1, 0.15) is 26.7 Å². The van der Waals surface area contributed by atoms with Crippen molar-refractivity contribution in [1.82, 2.24) is 4.90 Å². The van der Waals surface area contributed by atoms with Gasteiger partial charge in [0.2, 0.25) is 0 Å². The molecule has 4 nitrogen and oxygen atoms in total. The van der Waals surface area contributed by atoms with Gasteiger partial charge in [0.1, 0.15) is 5.75 Å². The topological polar surface area (TPSA) is 50.5 Å². The molecule has 0 fully saturated rings. The molecule has 19 heavy (non-hydrogen) atoms. The zero-order chi connectivity index (χ0) is 14.3. The van der Waals surface area contributed by atoms with Gasteiger partial charge in [-0.05, 0) is 52.4 Å². The molecule has 0 radical (unpaired) electrons. The molecule has 0 heterocycles. The summed E-state index contributed by atoms with van der Waals surface area (Å²) >= 11 is 0. The van der Waals surface area contributed by atoms with Crippen LogP contribution in [0.25, 0.3) is 0 Å². The molecule has 0 spiro atoms. The molecular weight excluding hydrogens is 238 g/mol. The normalized spacial score (nSPS) is 11.1. The van der Waals surface area contributed by atoms with Crippen LogP contribution in [0, 0.1) is 0 Å². The molecule has 3 N–H and O–H groups in total. The molecule has 1 aromatic rings. The maximum absolute atomic E-state index is 6.00. The maximum atomic E-state index is 6.00. The van der Waals surface area contributed by atoms with Gasteiger partial charge in [-0.25, -0.2) is 0 Å². The summed E-state index contributed by atoms with van der Waals surface area (Å²) in [6, 6.07) is 6.42. The van der Waals surface area contributed by atoms with Crippen LogP contribution in [0.4, 0.5) is 11.4 Å². The largest absolute Gasteiger partial charge is 0.495 e. The van der Waals surface area contributed by atoms with Crippen molar-refractivity contribution in [2.75, 3.05) is 38.3 Å². The van der Waals surface area contributed by atoms with Crippen molar-refractivity contribution in [1.29, 1.82) is 0 Å². The van der Waals surface area contributed by atoms with Gasteiger partial charge in [-0.15, -0.1) is 0 Å². The zero-order valence-corrected chi connectivity index (χ0v) is 12.6. The van der Waals surface area contributed by atoms with E-state index in [0.717, 1.165) is 30.9 Å². The highest BCUT2D eigenvalue weighted by molar-refractivity contribution is 5.72. The Morgan fingerprint density at radius 2 is 2.05 bits per heavy atom. The van der Waals surface area contributed by atoms with Crippen LogP contribution in [0.3, 0.4) is 0 Å². The Labute approximate surface area is 116 Å². The number of nitrogens with two attached hydrogens (primary N) is 1. The Morgan fingerprint density at radius 3 is 2.68 bits per heavy atom. The number of para-hydroxylation sites is 1. The third kappa shape index (κ3) is 4.99. The molecule has 0 unspecified atom stereocenters. The third-order valence-electron chi connectivity index (χ3n) is 3.42. The maximum Gasteiger partial charge on any atom is 0.143 e. The predicted octanol–water partition coefficient (Wildman–Crippen LogP) is 2.81. The summed E-state index contributed by atoms with van der Waals surface area (Å²) < 4.78 is 5.20. The highest BCUT2D eigenvalue weighted by Crippen LogP contribution is 2.28. The highest BCUT2D eigenvalue weighted by Gasteiger charge is 2.05. The fourth-order valence-corrected chi connectivity index (χ4v) is 1.84. The van der Waals surface area contributed by atoms with E-state index < -0.39 is 0 Å². The molecule has 0 aliphatic rings. The summed E-state index contributed by atoms with van der Waals surface area (Å²) in [5.74, 6) is 0.726. The van der Waals surface area contributed by atoms with Crippen LogP contribution in [0.15, 0.2) is 18.2 Å². The first kappa shape index (κ1) is 15.6. The number of hydrogen-bond acceptors (Lipinski definition) is 4. The van der Waals surface area contributed by atoms with Gasteiger partial charge in [0.25, 0.3) is 0 Å². The van der Waals surface area contributed by atoms with Crippen LogP contribution in [-0.4, -0.2) is 38.2 Å². The molecule has 0 atom stereocenters. The number of rotatable bonds is 8. The summed E-state index contributed by atoms with van der Waals surface area (Å²) in [4.78, 5) is 2.36. The van der Waals surface area contributed by atoms with E-state index in [0.29, 0.717) is 11.7 Å². The van der Waals surface area contributed by atoms with E-state index in [-0.39, 0.29) is 0 Å². The van der Waals surface area contributed by atoms with E-state index in [1.54, 1.807) is 7.11 Å². The number of anilines is 2. The highest BCUT2D eigenvalue weighted by atomic mass is 16.5. The van der Waals surface area contributed by atoms with Crippen LogP contribution in [-0.2, 0) is 0 Å². The van der Waals surface area contributed by atoms with Crippen molar-refractivity contribution in [2.45, 2.75) is 32.7 Å². The van der Waals surface area contributed by atoms with Crippen LogP contribution in [0.5, 0.6) is 5.75 Å². The molecule has 0 bridgehead atoms. The molecule has 0 saturated heterocycles. The summed E-state index contributed by atoms with van der Waals surface area (Å²) in [6.45, 7) is 6.50. The molecule has 1 rings (SSSR count). The number of hydrogen-bond donors (Lipinski definition) is 2. The Bertz CT molecular complexity index is 380. The third-order valence-corrected chi connectivity index (χ3v) is 3.42. The quantitative estimate of drug-likeness (QED) is 0.560. The number of benzene rings is 1. The van der Waals surface area contributed by atoms with E-state index in [1.807, 2.05) is 18.2 Å². The minimum absolute atomic E-state index is 0.613. The molecule has 0 aromatic heterocycles. The van der Waals surface area contributed by atoms with Gasteiger partial charge >= 0.3 is 0 Å². The molecule has 0 aliphatic carbocycles. The summed E-state index contributed by atoms with van der Waals surface area (Å²) in [5, 5.41) is 3.37. The summed E-state index contributed by atoms with van der Waals surface area (Å²) in [7, 11) is 3.80. The SMILES string of the molecule is COc1cccc(NCCCCN(C)C(C)C)c1N. The van der Waals surface area contributed by atoms with Gasteiger partial charge < -0.3 is 20.7 Å². The zero-order valence-electron chi connectivity index (χ0n) is 12.6. The fourth-order valence-electron chi connectivity index (χ4n) is 1.84. The number of nitrogen functional groups attached to an aromatic ring is 1. The lowest BCUT2D eigenvalue weighted by molar-refractivity contribution is 0.269. The Balaban J connectivity index is 2.30. The second-order valence-electron chi connectivity index (χ2n) is 5.13. The lowest BCUT2D eigenvalue weighted by Crippen LogP contribution is -2.27. The first-order chi connectivity index (χ1) is 9.06. The summed E-state index contributed by atoms with van der Waals surface area (Å²) in [6.07, 6.45) is 2.32. The van der Waals surface area contributed by atoms with Gasteiger partial charge in [0.05, 0.1) is 18.5 Å². The molecular formula is C15H27N3O.